The molecule has 1 aliphatic heterocycles. The molecule has 2 N–H and O–H groups in total. The lowest BCUT2D eigenvalue weighted by Gasteiger charge is -2.39. The number of hydrogen-bond acceptors (Lipinski definition) is 6. The van der Waals surface area contributed by atoms with E-state index in [9.17, 15) is 9.50 Å². The van der Waals surface area contributed by atoms with Gasteiger partial charge in [-0.15, -0.1) is 0 Å². The van der Waals surface area contributed by atoms with Crippen LogP contribution in [0.4, 0.5) is 10.2 Å². The SMILES string of the molecule is O[C@@]1(CNCc2ccc(OCCF)cc2)CCCN(c2cnccn2)C1. The fourth-order valence-electron chi connectivity index (χ4n) is 3.21. The number of alkyl halides is 1. The summed E-state index contributed by atoms with van der Waals surface area (Å²) >= 11 is 0. The number of aliphatic hydroxyl groups is 1. The zero-order valence-electron chi connectivity index (χ0n) is 14.8. The number of β-amino-alcohol motifs (C(OH)–C–C–N with tert-alkyl or cyclic N) is 1. The van der Waals surface area contributed by atoms with Crippen LogP contribution in [0.15, 0.2) is 42.9 Å². The Bertz CT molecular complexity index is 671. The minimum absolute atomic E-state index is 0.0763. The Labute approximate surface area is 153 Å². The largest absolute Gasteiger partial charge is 0.491 e. The average molecular weight is 360 g/mol. The fraction of sp³-hybridized carbons (Fsp3) is 0.474. The number of piperidine rings is 1. The van der Waals surface area contributed by atoms with Gasteiger partial charge in [0.25, 0.3) is 0 Å². The normalized spacial score (nSPS) is 20.2. The predicted molar refractivity (Wildman–Crippen MR) is 98.0 cm³/mol. The van der Waals surface area contributed by atoms with Crippen LogP contribution in [0, 0.1) is 0 Å². The minimum Gasteiger partial charge on any atom is -0.491 e. The van der Waals surface area contributed by atoms with Crippen molar-refractivity contribution in [3.05, 3.63) is 48.4 Å². The highest BCUT2D eigenvalue weighted by Gasteiger charge is 2.33. The van der Waals surface area contributed by atoms with Crippen molar-refractivity contribution in [3.63, 3.8) is 0 Å². The molecule has 7 heteroatoms. The Kier molecular flexibility index (Phi) is 6.35. The monoisotopic (exact) mass is 360 g/mol. The molecule has 0 radical (unpaired) electrons. The first-order chi connectivity index (χ1) is 12.7. The smallest absolute Gasteiger partial charge is 0.147 e. The molecule has 1 aliphatic rings. The molecule has 6 nitrogen and oxygen atoms in total. The summed E-state index contributed by atoms with van der Waals surface area (Å²) in [6, 6.07) is 7.55. The van der Waals surface area contributed by atoms with E-state index in [1.807, 2.05) is 24.3 Å². The summed E-state index contributed by atoms with van der Waals surface area (Å²) in [5.74, 6) is 1.46. The second-order valence-electron chi connectivity index (χ2n) is 6.60. The van der Waals surface area contributed by atoms with Gasteiger partial charge in [-0.3, -0.25) is 4.98 Å². The molecule has 2 heterocycles. The van der Waals surface area contributed by atoms with Crippen molar-refractivity contribution in [2.24, 2.45) is 0 Å². The van der Waals surface area contributed by atoms with E-state index in [2.05, 4.69) is 20.2 Å². The van der Waals surface area contributed by atoms with Crippen molar-refractivity contribution in [2.45, 2.75) is 25.0 Å². The summed E-state index contributed by atoms with van der Waals surface area (Å²) < 4.78 is 17.3. The van der Waals surface area contributed by atoms with E-state index in [0.717, 1.165) is 30.8 Å². The number of hydrogen-bond donors (Lipinski definition) is 2. The Hall–Kier alpha value is -2.25. The van der Waals surface area contributed by atoms with Crippen molar-refractivity contribution < 1.29 is 14.2 Å². The van der Waals surface area contributed by atoms with Crippen LogP contribution in [0.2, 0.25) is 0 Å². The van der Waals surface area contributed by atoms with E-state index in [-0.39, 0.29) is 6.61 Å². The average Bonchev–Trinajstić information content (AvgIpc) is 2.68. The highest BCUT2D eigenvalue weighted by Crippen LogP contribution is 2.24. The van der Waals surface area contributed by atoms with Crippen molar-refractivity contribution in [2.75, 3.05) is 37.8 Å². The number of anilines is 1. The highest BCUT2D eigenvalue weighted by molar-refractivity contribution is 5.36. The van der Waals surface area contributed by atoms with E-state index in [0.29, 0.717) is 25.4 Å². The molecule has 1 saturated heterocycles. The number of nitrogens with one attached hydrogen (secondary N) is 1. The van der Waals surface area contributed by atoms with Crippen LogP contribution in [0.1, 0.15) is 18.4 Å². The molecule has 0 saturated carbocycles. The number of aromatic nitrogens is 2. The summed E-state index contributed by atoms with van der Waals surface area (Å²) in [5.41, 5.74) is 0.294. The van der Waals surface area contributed by atoms with Gasteiger partial charge in [-0.2, -0.15) is 0 Å². The van der Waals surface area contributed by atoms with Gasteiger partial charge in [0.1, 0.15) is 24.8 Å². The van der Waals surface area contributed by atoms with Crippen molar-refractivity contribution in [1.29, 1.82) is 0 Å². The zero-order valence-corrected chi connectivity index (χ0v) is 14.8. The van der Waals surface area contributed by atoms with Gasteiger partial charge in [0.15, 0.2) is 0 Å². The number of nitrogens with zero attached hydrogens (tertiary/aromatic N) is 3. The summed E-state index contributed by atoms with van der Waals surface area (Å²) in [6.07, 6.45) is 6.71. The van der Waals surface area contributed by atoms with Gasteiger partial charge in [-0.1, -0.05) is 12.1 Å². The van der Waals surface area contributed by atoms with Crippen LogP contribution in [0.5, 0.6) is 5.75 Å². The number of ether oxygens (including phenoxy) is 1. The maximum Gasteiger partial charge on any atom is 0.147 e. The van der Waals surface area contributed by atoms with Crippen molar-refractivity contribution >= 4 is 5.82 Å². The predicted octanol–water partition coefficient (Wildman–Crippen LogP) is 1.95. The second-order valence-corrected chi connectivity index (χ2v) is 6.60. The van der Waals surface area contributed by atoms with Gasteiger partial charge < -0.3 is 20.1 Å². The second kappa shape index (κ2) is 8.91. The zero-order chi connectivity index (χ0) is 18.2. The molecule has 0 aliphatic carbocycles. The first-order valence-corrected chi connectivity index (χ1v) is 8.90. The summed E-state index contributed by atoms with van der Waals surface area (Å²) in [7, 11) is 0. The third kappa shape index (κ3) is 5.12. The number of benzene rings is 1. The fourth-order valence-corrected chi connectivity index (χ4v) is 3.21. The molecule has 0 bridgehead atoms. The Morgan fingerprint density at radius 1 is 1.27 bits per heavy atom. The molecule has 140 valence electrons. The highest BCUT2D eigenvalue weighted by atomic mass is 19.1. The standard InChI is InChI=1S/C19H25FN4O2/c20-7-11-26-17-4-2-16(3-5-17)12-22-14-19(25)6-1-10-24(15-19)18-13-21-8-9-23-18/h2-5,8-9,13,22,25H,1,6-7,10-12,14-15H2/t19-/m1/s1. The van der Waals surface area contributed by atoms with Crippen LogP contribution in [-0.2, 0) is 6.54 Å². The van der Waals surface area contributed by atoms with Gasteiger partial charge in [0.2, 0.25) is 0 Å². The maximum absolute atomic E-state index is 12.1. The lowest BCUT2D eigenvalue weighted by Crippen LogP contribution is -2.53. The molecule has 1 aromatic heterocycles. The lowest BCUT2D eigenvalue weighted by molar-refractivity contribution is 0.0258. The van der Waals surface area contributed by atoms with E-state index in [1.165, 1.54) is 0 Å². The lowest BCUT2D eigenvalue weighted by atomic mass is 9.92. The summed E-state index contributed by atoms with van der Waals surface area (Å²) in [5, 5.41) is 14.2. The Morgan fingerprint density at radius 2 is 2.12 bits per heavy atom. The van der Waals surface area contributed by atoms with E-state index < -0.39 is 12.3 Å². The molecule has 1 atom stereocenters. The third-order valence-corrected chi connectivity index (χ3v) is 4.48. The Balaban J connectivity index is 1.49. The van der Waals surface area contributed by atoms with Gasteiger partial charge in [-0.05, 0) is 30.5 Å². The van der Waals surface area contributed by atoms with Crippen LogP contribution in [0.3, 0.4) is 0 Å². The molecular formula is C19H25FN4O2. The topological polar surface area (TPSA) is 70.5 Å². The molecular weight excluding hydrogens is 335 g/mol. The van der Waals surface area contributed by atoms with E-state index >= 15 is 0 Å². The van der Waals surface area contributed by atoms with Crippen LogP contribution in [-0.4, -0.2) is 53.6 Å². The molecule has 0 amide bonds. The molecule has 0 spiro atoms. The number of halogens is 1. The maximum atomic E-state index is 12.1. The Morgan fingerprint density at radius 3 is 2.85 bits per heavy atom. The molecule has 3 rings (SSSR count). The first-order valence-electron chi connectivity index (χ1n) is 8.90. The van der Waals surface area contributed by atoms with Gasteiger partial charge in [0.05, 0.1) is 11.8 Å². The quantitative estimate of drug-likeness (QED) is 0.750. The van der Waals surface area contributed by atoms with Gasteiger partial charge in [0, 0.05) is 38.6 Å². The molecule has 0 unspecified atom stereocenters. The molecule has 26 heavy (non-hydrogen) atoms. The summed E-state index contributed by atoms with van der Waals surface area (Å²) in [4.78, 5) is 10.5. The van der Waals surface area contributed by atoms with Crippen LogP contribution in [0.25, 0.3) is 0 Å². The molecule has 1 fully saturated rings. The minimum atomic E-state index is -0.792. The first kappa shape index (κ1) is 18.5. The van der Waals surface area contributed by atoms with E-state index in [4.69, 9.17) is 4.74 Å². The van der Waals surface area contributed by atoms with Crippen molar-refractivity contribution in [3.8, 4) is 5.75 Å². The molecule has 1 aromatic carbocycles. The van der Waals surface area contributed by atoms with Gasteiger partial charge in [-0.25, -0.2) is 9.37 Å². The van der Waals surface area contributed by atoms with Crippen LogP contribution < -0.4 is 15.0 Å². The molecule has 2 aromatic rings. The van der Waals surface area contributed by atoms with E-state index in [1.54, 1.807) is 18.6 Å². The van der Waals surface area contributed by atoms with Gasteiger partial charge >= 0.3 is 0 Å². The third-order valence-electron chi connectivity index (χ3n) is 4.48. The van der Waals surface area contributed by atoms with Crippen LogP contribution >= 0.6 is 0 Å². The number of rotatable bonds is 8. The summed E-state index contributed by atoms with van der Waals surface area (Å²) in [6.45, 7) is 2.15. The van der Waals surface area contributed by atoms with Crippen molar-refractivity contribution in [1.82, 2.24) is 15.3 Å².